The van der Waals surface area contributed by atoms with E-state index in [-0.39, 0.29) is 5.82 Å². The fraction of sp³-hybridized carbons (Fsp3) is 0.500. The highest BCUT2D eigenvalue weighted by Crippen LogP contribution is 2.47. The molecule has 0 spiro atoms. The average molecular weight is 342 g/mol. The molecule has 0 radical (unpaired) electrons. The number of carbonyl (C=O) groups is 1. The third kappa shape index (κ3) is 3.56. The number of halogens is 1. The summed E-state index contributed by atoms with van der Waals surface area (Å²) in [6.45, 7) is 2.23. The maximum atomic E-state index is 14.6. The highest BCUT2D eigenvalue weighted by molar-refractivity contribution is 5.75. The molecule has 1 saturated carbocycles. The Kier molecular flexibility index (Phi) is 5.41. The summed E-state index contributed by atoms with van der Waals surface area (Å²) in [4.78, 5) is 11.3. The first kappa shape index (κ1) is 17.9. The molecule has 1 aromatic carbocycles. The number of carboxylic acids is 1. The molecule has 134 valence electrons. The molecule has 0 heterocycles. The van der Waals surface area contributed by atoms with Crippen LogP contribution in [0.1, 0.15) is 51.0 Å². The number of rotatable bonds is 5. The molecule has 0 amide bonds. The second-order valence-electron chi connectivity index (χ2n) is 7.50. The van der Waals surface area contributed by atoms with Crippen molar-refractivity contribution in [2.24, 2.45) is 17.8 Å². The van der Waals surface area contributed by atoms with Gasteiger partial charge in [-0.25, -0.2) is 4.39 Å². The van der Waals surface area contributed by atoms with Gasteiger partial charge in [0.05, 0.1) is 5.92 Å². The fourth-order valence-corrected chi connectivity index (χ4v) is 4.63. The molecule has 1 N–H and O–H groups in total. The summed E-state index contributed by atoms with van der Waals surface area (Å²) in [5.74, 6) is -0.583. The monoisotopic (exact) mass is 342 g/mol. The van der Waals surface area contributed by atoms with Gasteiger partial charge in [-0.15, -0.1) is 0 Å². The van der Waals surface area contributed by atoms with Gasteiger partial charge in [0.2, 0.25) is 0 Å². The van der Waals surface area contributed by atoms with Gasteiger partial charge in [-0.2, -0.15) is 0 Å². The molecule has 0 saturated heterocycles. The van der Waals surface area contributed by atoms with Gasteiger partial charge >= 0.3 is 5.97 Å². The van der Waals surface area contributed by atoms with E-state index in [1.165, 1.54) is 31.7 Å². The predicted molar refractivity (Wildman–Crippen MR) is 97.8 cm³/mol. The van der Waals surface area contributed by atoms with Gasteiger partial charge in [0.1, 0.15) is 5.82 Å². The lowest BCUT2D eigenvalue weighted by molar-refractivity contribution is -0.138. The zero-order valence-electron chi connectivity index (χ0n) is 14.8. The minimum Gasteiger partial charge on any atom is -0.481 e. The molecule has 0 unspecified atom stereocenters. The maximum Gasteiger partial charge on any atom is 0.314 e. The summed E-state index contributed by atoms with van der Waals surface area (Å²) >= 11 is 0. The van der Waals surface area contributed by atoms with Crippen LogP contribution in [0.5, 0.6) is 0 Å². The van der Waals surface area contributed by atoms with Crippen LogP contribution >= 0.6 is 0 Å². The Hall–Kier alpha value is -1.90. The Balaban J connectivity index is 1.92. The molecular formula is C22H27FO2. The van der Waals surface area contributed by atoms with Crippen LogP contribution in [0.2, 0.25) is 0 Å². The van der Waals surface area contributed by atoms with Crippen molar-refractivity contribution in [1.29, 1.82) is 0 Å². The first-order valence-electron chi connectivity index (χ1n) is 9.43. The zero-order valence-corrected chi connectivity index (χ0v) is 14.8. The number of benzene rings is 1. The fourth-order valence-electron chi connectivity index (χ4n) is 4.63. The lowest BCUT2D eigenvalue weighted by Gasteiger charge is -2.42. The average Bonchev–Trinajstić information content (AvgIpc) is 2.63. The van der Waals surface area contributed by atoms with E-state index >= 15 is 0 Å². The summed E-state index contributed by atoms with van der Waals surface area (Å²) in [6, 6.07) is 6.93. The molecule has 0 atom stereocenters. The van der Waals surface area contributed by atoms with Gasteiger partial charge in [-0.1, -0.05) is 75.1 Å². The van der Waals surface area contributed by atoms with Crippen LogP contribution in [0, 0.1) is 23.6 Å². The van der Waals surface area contributed by atoms with E-state index in [0.29, 0.717) is 11.5 Å². The van der Waals surface area contributed by atoms with Crippen molar-refractivity contribution in [3.05, 3.63) is 60.0 Å². The van der Waals surface area contributed by atoms with Crippen LogP contribution in [0.15, 0.2) is 48.6 Å². The van der Waals surface area contributed by atoms with Crippen molar-refractivity contribution < 1.29 is 14.3 Å². The molecule has 1 aromatic rings. The van der Waals surface area contributed by atoms with Crippen LogP contribution in [-0.4, -0.2) is 11.1 Å². The molecule has 0 bridgehead atoms. The Morgan fingerprint density at radius 1 is 1.16 bits per heavy atom. The summed E-state index contributed by atoms with van der Waals surface area (Å²) < 4.78 is 14.6. The van der Waals surface area contributed by atoms with Crippen molar-refractivity contribution in [1.82, 2.24) is 0 Å². The molecule has 0 aromatic heterocycles. The van der Waals surface area contributed by atoms with Gasteiger partial charge in [-0.05, 0) is 30.7 Å². The van der Waals surface area contributed by atoms with Crippen molar-refractivity contribution in [2.75, 3.05) is 0 Å². The molecular weight excluding hydrogens is 315 g/mol. The second-order valence-corrected chi connectivity index (χ2v) is 7.50. The third-order valence-corrected chi connectivity index (χ3v) is 6.00. The van der Waals surface area contributed by atoms with E-state index in [2.05, 4.69) is 6.92 Å². The Morgan fingerprint density at radius 2 is 1.80 bits per heavy atom. The van der Waals surface area contributed by atoms with Crippen LogP contribution in [0.25, 0.3) is 0 Å². The van der Waals surface area contributed by atoms with Gasteiger partial charge in [0, 0.05) is 11.0 Å². The van der Waals surface area contributed by atoms with E-state index in [0.717, 1.165) is 18.8 Å². The number of allylic oxidation sites excluding steroid dienone is 2. The Labute approximate surface area is 149 Å². The van der Waals surface area contributed by atoms with E-state index in [1.807, 2.05) is 24.3 Å². The van der Waals surface area contributed by atoms with Crippen molar-refractivity contribution in [3.8, 4) is 0 Å². The third-order valence-electron chi connectivity index (χ3n) is 6.00. The molecule has 3 heteroatoms. The van der Waals surface area contributed by atoms with Crippen molar-refractivity contribution in [2.45, 2.75) is 50.9 Å². The summed E-state index contributed by atoms with van der Waals surface area (Å²) in [7, 11) is 0. The molecule has 2 aliphatic carbocycles. The van der Waals surface area contributed by atoms with Crippen molar-refractivity contribution >= 4 is 5.97 Å². The van der Waals surface area contributed by atoms with Gasteiger partial charge < -0.3 is 5.11 Å². The summed E-state index contributed by atoms with van der Waals surface area (Å²) in [5.41, 5.74) is 0.152. The van der Waals surface area contributed by atoms with Gasteiger partial charge in [-0.3, -0.25) is 4.79 Å². The van der Waals surface area contributed by atoms with Gasteiger partial charge in [0.15, 0.2) is 0 Å². The van der Waals surface area contributed by atoms with Crippen molar-refractivity contribution in [3.63, 3.8) is 0 Å². The standard InChI is InChI=1S/C22H27FO2/c1-2-5-16-8-10-18(11-9-16)22(19-6-3-4-7-20(19)23)14-12-17(13-15-22)21(24)25/h3-4,6-7,12-18H,2,5,8-11H2,1H3,(H,24,25)/t16-,17?,18-,22?. The first-order chi connectivity index (χ1) is 12.1. The van der Waals surface area contributed by atoms with E-state index < -0.39 is 17.3 Å². The molecule has 3 rings (SSSR count). The lowest BCUT2D eigenvalue weighted by atomic mass is 9.61. The number of aliphatic carboxylic acids is 1. The number of hydrogen-bond donors (Lipinski definition) is 1. The smallest absolute Gasteiger partial charge is 0.314 e. The van der Waals surface area contributed by atoms with E-state index in [4.69, 9.17) is 0 Å². The molecule has 0 aliphatic heterocycles. The lowest BCUT2D eigenvalue weighted by Crippen LogP contribution is -2.37. The zero-order chi connectivity index (χ0) is 17.9. The summed E-state index contributed by atoms with van der Waals surface area (Å²) in [6.07, 6.45) is 14.3. The van der Waals surface area contributed by atoms with E-state index in [1.54, 1.807) is 18.2 Å². The molecule has 1 fully saturated rings. The second kappa shape index (κ2) is 7.55. The number of carboxylic acid groups (broad SMARTS) is 1. The molecule has 2 nitrogen and oxygen atoms in total. The van der Waals surface area contributed by atoms with E-state index in [9.17, 15) is 14.3 Å². The van der Waals surface area contributed by atoms with Crippen LogP contribution in [0.4, 0.5) is 4.39 Å². The highest BCUT2D eigenvalue weighted by atomic mass is 19.1. The minimum atomic E-state index is -0.860. The highest BCUT2D eigenvalue weighted by Gasteiger charge is 2.41. The number of hydrogen-bond acceptors (Lipinski definition) is 1. The quantitative estimate of drug-likeness (QED) is 0.718. The minimum absolute atomic E-state index is 0.207. The Bertz CT molecular complexity index is 654. The van der Waals surface area contributed by atoms with Crippen LogP contribution in [0.3, 0.4) is 0 Å². The van der Waals surface area contributed by atoms with Gasteiger partial charge in [0.25, 0.3) is 0 Å². The predicted octanol–water partition coefficient (Wildman–Crippen LogP) is 5.50. The first-order valence-corrected chi connectivity index (χ1v) is 9.43. The topological polar surface area (TPSA) is 37.3 Å². The molecule has 25 heavy (non-hydrogen) atoms. The normalized spacial score (nSPS) is 31.8. The van der Waals surface area contributed by atoms with Crippen LogP contribution < -0.4 is 0 Å². The molecule has 2 aliphatic rings. The maximum absolute atomic E-state index is 14.6. The Morgan fingerprint density at radius 3 is 2.36 bits per heavy atom. The van der Waals surface area contributed by atoms with Crippen LogP contribution in [-0.2, 0) is 10.2 Å². The summed E-state index contributed by atoms with van der Waals surface area (Å²) in [5, 5.41) is 9.26. The SMILES string of the molecule is CCC[C@H]1CC[C@H](C2(c3ccccc3F)C=CC(C(=O)O)C=C2)CC1. The largest absolute Gasteiger partial charge is 0.481 e.